The van der Waals surface area contributed by atoms with Gasteiger partial charge in [-0.25, -0.2) is 0 Å². The molecule has 0 aromatic heterocycles. The smallest absolute Gasteiger partial charge is 0.120 e. The molecule has 0 aliphatic carbocycles. The highest BCUT2D eigenvalue weighted by Gasteiger charge is 2.20. The van der Waals surface area contributed by atoms with Crippen LogP contribution in [0.3, 0.4) is 0 Å². The predicted molar refractivity (Wildman–Crippen MR) is 170 cm³/mol. The van der Waals surface area contributed by atoms with Gasteiger partial charge in [0.05, 0.1) is 28.4 Å². The summed E-state index contributed by atoms with van der Waals surface area (Å²) in [5.74, 6) is 3.19. The van der Waals surface area contributed by atoms with Crippen LogP contribution in [0.2, 0.25) is 0 Å². The van der Waals surface area contributed by atoms with E-state index in [9.17, 15) is 0 Å². The van der Waals surface area contributed by atoms with Gasteiger partial charge in [-0.1, -0.05) is 56.1 Å². The lowest BCUT2D eigenvalue weighted by molar-refractivity contribution is 0.414. The summed E-state index contributed by atoms with van der Waals surface area (Å²) >= 11 is 7.65. The summed E-state index contributed by atoms with van der Waals surface area (Å²) in [4.78, 5) is 0. The largest absolute Gasteiger partial charge is 0.497 e. The van der Waals surface area contributed by atoms with Crippen LogP contribution in [0.5, 0.6) is 23.0 Å². The zero-order valence-electron chi connectivity index (χ0n) is 22.6. The number of halogens is 2. The average molecular weight is 660 g/mol. The van der Waals surface area contributed by atoms with E-state index in [1.165, 1.54) is 0 Å². The minimum atomic E-state index is 0.783. The lowest BCUT2D eigenvalue weighted by Crippen LogP contribution is -1.95. The van der Waals surface area contributed by atoms with E-state index in [-0.39, 0.29) is 0 Å². The Bertz CT molecular complexity index is 1570. The van der Waals surface area contributed by atoms with Crippen molar-refractivity contribution in [1.82, 2.24) is 0 Å². The lowest BCUT2D eigenvalue weighted by atomic mass is 9.84. The van der Waals surface area contributed by atoms with Gasteiger partial charge in [-0.3, -0.25) is 0 Å². The Morgan fingerprint density at radius 3 is 1.12 bits per heavy atom. The van der Waals surface area contributed by atoms with E-state index in [1.54, 1.807) is 28.4 Å². The molecular formula is C34H28Br2O4. The van der Waals surface area contributed by atoms with Gasteiger partial charge in [-0.15, -0.1) is 0 Å². The molecule has 0 amide bonds. The van der Waals surface area contributed by atoms with Crippen molar-refractivity contribution in [2.75, 3.05) is 28.4 Å². The molecule has 5 aromatic rings. The first-order valence-corrected chi connectivity index (χ1v) is 14.2. The van der Waals surface area contributed by atoms with Gasteiger partial charge in [-0.05, 0) is 117 Å². The van der Waals surface area contributed by atoms with Crippen molar-refractivity contribution in [3.8, 4) is 67.5 Å². The van der Waals surface area contributed by atoms with E-state index in [0.717, 1.165) is 76.5 Å². The zero-order chi connectivity index (χ0) is 28.2. The molecule has 202 valence electrons. The summed E-state index contributed by atoms with van der Waals surface area (Å²) < 4.78 is 23.8. The monoisotopic (exact) mass is 658 g/mol. The van der Waals surface area contributed by atoms with Crippen molar-refractivity contribution in [2.45, 2.75) is 0 Å². The van der Waals surface area contributed by atoms with Gasteiger partial charge in [-0.2, -0.15) is 0 Å². The topological polar surface area (TPSA) is 36.9 Å². The third-order valence-electron chi connectivity index (χ3n) is 6.87. The maximum Gasteiger partial charge on any atom is 0.120 e. The predicted octanol–water partition coefficient (Wildman–Crippen LogP) is 9.91. The standard InChI is InChI=1S/C34H28Br2O4/c1-37-24-9-5-21(6-10-24)23-17-30(28-15-13-26(39-3)19-32(28)35)34(22-7-11-25(38-2)12-8-22)31(18-23)29-16-14-27(40-4)20-33(29)36/h5-20H,1-4H3. The van der Waals surface area contributed by atoms with Crippen LogP contribution in [0.25, 0.3) is 44.5 Å². The van der Waals surface area contributed by atoms with Gasteiger partial charge in [0.2, 0.25) is 0 Å². The van der Waals surface area contributed by atoms with E-state index in [4.69, 9.17) is 18.9 Å². The molecule has 6 heteroatoms. The summed E-state index contributed by atoms with van der Waals surface area (Å²) in [5.41, 5.74) is 8.57. The van der Waals surface area contributed by atoms with Crippen molar-refractivity contribution < 1.29 is 18.9 Å². The second-order valence-electron chi connectivity index (χ2n) is 9.09. The van der Waals surface area contributed by atoms with Crippen molar-refractivity contribution in [3.05, 3.63) is 106 Å². The second-order valence-corrected chi connectivity index (χ2v) is 10.8. The molecule has 40 heavy (non-hydrogen) atoms. The lowest BCUT2D eigenvalue weighted by Gasteiger charge is -2.21. The number of ether oxygens (including phenoxy) is 4. The van der Waals surface area contributed by atoms with Crippen LogP contribution in [-0.4, -0.2) is 28.4 Å². The van der Waals surface area contributed by atoms with Crippen molar-refractivity contribution in [1.29, 1.82) is 0 Å². The van der Waals surface area contributed by atoms with Gasteiger partial charge in [0, 0.05) is 8.95 Å². The normalized spacial score (nSPS) is 10.8. The van der Waals surface area contributed by atoms with Crippen LogP contribution >= 0.6 is 31.9 Å². The van der Waals surface area contributed by atoms with E-state index in [1.807, 2.05) is 48.5 Å². The number of benzene rings is 5. The number of rotatable bonds is 8. The summed E-state index contributed by atoms with van der Waals surface area (Å²) in [6.45, 7) is 0. The van der Waals surface area contributed by atoms with Gasteiger partial charge in [0.25, 0.3) is 0 Å². The molecule has 0 saturated carbocycles. The molecule has 0 bridgehead atoms. The van der Waals surface area contributed by atoms with E-state index in [0.29, 0.717) is 0 Å². The molecule has 5 rings (SSSR count). The first-order chi connectivity index (χ1) is 19.4. The van der Waals surface area contributed by atoms with E-state index >= 15 is 0 Å². The third kappa shape index (κ3) is 5.60. The fraction of sp³-hybridized carbons (Fsp3) is 0.118. The molecule has 0 spiro atoms. The molecule has 0 unspecified atom stereocenters. The third-order valence-corrected chi connectivity index (χ3v) is 8.19. The SMILES string of the molecule is COc1ccc(-c2cc(-c3ccc(OC)cc3Br)c(-c3ccc(OC)cc3)c(-c3ccc(OC)cc3Br)c2)cc1. The highest BCUT2D eigenvalue weighted by molar-refractivity contribution is 9.11. The summed E-state index contributed by atoms with van der Waals surface area (Å²) in [6, 6.07) is 33.0. The van der Waals surface area contributed by atoms with Crippen LogP contribution in [-0.2, 0) is 0 Å². The molecule has 5 aromatic carbocycles. The molecule has 4 nitrogen and oxygen atoms in total. The first kappa shape index (κ1) is 27.8. The maximum absolute atomic E-state index is 5.50. The number of methoxy groups -OCH3 is 4. The Kier molecular flexibility index (Phi) is 8.48. The Morgan fingerprint density at radius 1 is 0.375 bits per heavy atom. The molecule has 0 aliphatic heterocycles. The molecule has 0 saturated heterocycles. The Labute approximate surface area is 251 Å². The number of hydrogen-bond acceptors (Lipinski definition) is 4. The minimum Gasteiger partial charge on any atom is -0.497 e. The van der Waals surface area contributed by atoms with Crippen LogP contribution < -0.4 is 18.9 Å². The highest BCUT2D eigenvalue weighted by Crippen LogP contribution is 2.47. The van der Waals surface area contributed by atoms with Crippen LogP contribution in [0.1, 0.15) is 0 Å². The number of hydrogen-bond donors (Lipinski definition) is 0. The van der Waals surface area contributed by atoms with Gasteiger partial charge < -0.3 is 18.9 Å². The summed E-state index contributed by atoms with van der Waals surface area (Å²) in [6.07, 6.45) is 0. The molecule has 0 heterocycles. The second kappa shape index (κ2) is 12.2. The Morgan fingerprint density at radius 2 is 0.750 bits per heavy atom. The van der Waals surface area contributed by atoms with Gasteiger partial charge >= 0.3 is 0 Å². The van der Waals surface area contributed by atoms with Crippen LogP contribution in [0.15, 0.2) is 106 Å². The van der Waals surface area contributed by atoms with Crippen molar-refractivity contribution in [2.24, 2.45) is 0 Å². The van der Waals surface area contributed by atoms with E-state index in [2.05, 4.69) is 80.4 Å². The molecular weight excluding hydrogens is 632 g/mol. The fourth-order valence-corrected chi connectivity index (χ4v) is 5.91. The maximum atomic E-state index is 5.50. The Hall–Kier alpha value is -3.74. The zero-order valence-corrected chi connectivity index (χ0v) is 25.8. The quantitative estimate of drug-likeness (QED) is 0.166. The van der Waals surface area contributed by atoms with Crippen molar-refractivity contribution >= 4 is 31.9 Å². The highest BCUT2D eigenvalue weighted by atomic mass is 79.9. The minimum absolute atomic E-state index is 0.783. The first-order valence-electron chi connectivity index (χ1n) is 12.6. The van der Waals surface area contributed by atoms with Crippen LogP contribution in [0.4, 0.5) is 0 Å². The average Bonchev–Trinajstić information content (AvgIpc) is 3.00. The van der Waals surface area contributed by atoms with Crippen LogP contribution in [0, 0.1) is 0 Å². The molecule has 0 atom stereocenters. The fourth-order valence-electron chi connectivity index (χ4n) is 4.77. The molecule has 0 N–H and O–H groups in total. The van der Waals surface area contributed by atoms with Gasteiger partial charge in [0.15, 0.2) is 0 Å². The molecule has 0 fully saturated rings. The summed E-state index contributed by atoms with van der Waals surface area (Å²) in [5, 5.41) is 0. The molecule has 0 radical (unpaired) electrons. The van der Waals surface area contributed by atoms with Gasteiger partial charge in [0.1, 0.15) is 23.0 Å². The van der Waals surface area contributed by atoms with Crippen molar-refractivity contribution in [3.63, 3.8) is 0 Å². The molecule has 0 aliphatic rings. The van der Waals surface area contributed by atoms with E-state index < -0.39 is 0 Å². The Balaban J connectivity index is 1.87. The summed E-state index contributed by atoms with van der Waals surface area (Å²) in [7, 11) is 6.71.